The lowest BCUT2D eigenvalue weighted by Gasteiger charge is -2.24. The molecule has 7 heteroatoms. The number of carbonyl (C=O) groups excluding carboxylic acids is 1. The number of guanidine groups is 1. The van der Waals surface area contributed by atoms with Crippen LogP contribution < -0.4 is 10.6 Å². The van der Waals surface area contributed by atoms with Gasteiger partial charge in [-0.1, -0.05) is 19.3 Å². The van der Waals surface area contributed by atoms with E-state index in [4.69, 9.17) is 9.47 Å². The van der Waals surface area contributed by atoms with Crippen molar-refractivity contribution >= 4 is 11.9 Å². The summed E-state index contributed by atoms with van der Waals surface area (Å²) in [6, 6.07) is 0.382. The Morgan fingerprint density at radius 3 is 2.73 bits per heavy atom. The lowest BCUT2D eigenvalue weighted by Crippen LogP contribution is -2.42. The summed E-state index contributed by atoms with van der Waals surface area (Å²) >= 11 is 0. The number of amides is 1. The second-order valence-electron chi connectivity index (χ2n) is 7.29. The molecule has 1 heterocycles. The maximum atomic E-state index is 12.1. The van der Waals surface area contributed by atoms with Crippen LogP contribution in [0.2, 0.25) is 0 Å². The fraction of sp³-hybridized carbons (Fsp3) is 0.895. The topological polar surface area (TPSA) is 75.2 Å². The van der Waals surface area contributed by atoms with Crippen molar-refractivity contribution in [2.45, 2.75) is 51.0 Å². The van der Waals surface area contributed by atoms with E-state index in [-0.39, 0.29) is 5.91 Å². The molecular weight excluding hydrogens is 332 g/mol. The number of nitrogens with zero attached hydrogens (tertiary/aromatic N) is 2. The van der Waals surface area contributed by atoms with Crippen LogP contribution in [0.5, 0.6) is 0 Å². The summed E-state index contributed by atoms with van der Waals surface area (Å²) in [4.78, 5) is 18.7. The van der Waals surface area contributed by atoms with Crippen molar-refractivity contribution in [1.29, 1.82) is 0 Å². The summed E-state index contributed by atoms with van der Waals surface area (Å²) in [7, 11) is 3.48. The number of hydrogen-bond donors (Lipinski definition) is 2. The Morgan fingerprint density at radius 1 is 1.19 bits per heavy atom. The van der Waals surface area contributed by atoms with Gasteiger partial charge in [0.2, 0.25) is 5.91 Å². The van der Waals surface area contributed by atoms with Crippen LogP contribution in [0.15, 0.2) is 4.99 Å². The Hall–Kier alpha value is -1.34. The van der Waals surface area contributed by atoms with Crippen LogP contribution in [0.3, 0.4) is 0 Å². The highest BCUT2D eigenvalue weighted by molar-refractivity contribution is 5.81. The van der Waals surface area contributed by atoms with Gasteiger partial charge in [-0.3, -0.25) is 9.79 Å². The molecule has 26 heavy (non-hydrogen) atoms. The molecule has 7 nitrogen and oxygen atoms in total. The van der Waals surface area contributed by atoms with Crippen molar-refractivity contribution < 1.29 is 14.3 Å². The predicted octanol–water partition coefficient (Wildman–Crippen LogP) is 1.39. The Labute approximate surface area is 157 Å². The molecule has 2 aliphatic rings. The average molecular weight is 369 g/mol. The van der Waals surface area contributed by atoms with Crippen LogP contribution in [0.4, 0.5) is 0 Å². The van der Waals surface area contributed by atoms with E-state index in [0.29, 0.717) is 38.1 Å². The van der Waals surface area contributed by atoms with Crippen LogP contribution >= 0.6 is 0 Å². The Morgan fingerprint density at radius 2 is 2.00 bits per heavy atom. The maximum absolute atomic E-state index is 12.1. The van der Waals surface area contributed by atoms with Gasteiger partial charge in [-0.05, 0) is 19.3 Å². The molecule has 1 amide bonds. The number of methoxy groups -OCH3 is 1. The number of carbonyl (C=O) groups is 1. The third kappa shape index (κ3) is 7.50. The van der Waals surface area contributed by atoms with E-state index in [0.717, 1.165) is 44.9 Å². The first-order valence-electron chi connectivity index (χ1n) is 10.0. The average Bonchev–Trinajstić information content (AvgIpc) is 3.12. The van der Waals surface area contributed by atoms with Crippen molar-refractivity contribution in [2.75, 3.05) is 53.6 Å². The zero-order valence-electron chi connectivity index (χ0n) is 16.5. The molecule has 2 N–H and O–H groups in total. The monoisotopic (exact) mass is 368 g/mol. The van der Waals surface area contributed by atoms with E-state index < -0.39 is 0 Å². The first kappa shape index (κ1) is 21.0. The minimum atomic E-state index is 0.144. The number of aliphatic imine (C=N–C) groups is 1. The van der Waals surface area contributed by atoms with Gasteiger partial charge < -0.3 is 25.0 Å². The molecule has 0 spiro atoms. The second-order valence-corrected chi connectivity index (χ2v) is 7.29. The largest absolute Gasteiger partial charge is 0.382 e. The van der Waals surface area contributed by atoms with Gasteiger partial charge in [0.25, 0.3) is 0 Å². The van der Waals surface area contributed by atoms with E-state index in [9.17, 15) is 4.79 Å². The highest BCUT2D eigenvalue weighted by atomic mass is 16.5. The van der Waals surface area contributed by atoms with Crippen molar-refractivity contribution in [2.24, 2.45) is 10.9 Å². The van der Waals surface area contributed by atoms with Gasteiger partial charge in [0, 0.05) is 52.2 Å². The molecule has 0 radical (unpaired) electrons. The van der Waals surface area contributed by atoms with Gasteiger partial charge in [-0.2, -0.15) is 0 Å². The molecule has 1 aliphatic carbocycles. The number of hydrogen-bond acceptors (Lipinski definition) is 4. The molecule has 1 unspecified atom stereocenters. The lowest BCUT2D eigenvalue weighted by molar-refractivity contribution is -0.121. The summed E-state index contributed by atoms with van der Waals surface area (Å²) < 4.78 is 10.6. The SMILES string of the molecule is CN=C(NCCC(=O)NC1CCCCC1)N1CCC(COCCOC)C1. The molecule has 1 saturated heterocycles. The summed E-state index contributed by atoms with van der Waals surface area (Å²) in [5.74, 6) is 1.56. The molecule has 0 aromatic heterocycles. The third-order valence-electron chi connectivity index (χ3n) is 5.19. The molecule has 0 aromatic carbocycles. The van der Waals surface area contributed by atoms with E-state index >= 15 is 0 Å². The lowest BCUT2D eigenvalue weighted by atomic mass is 9.95. The molecule has 1 aliphatic heterocycles. The van der Waals surface area contributed by atoms with Crippen LogP contribution in [0, 0.1) is 5.92 Å². The quantitative estimate of drug-likeness (QED) is 0.365. The molecule has 150 valence electrons. The van der Waals surface area contributed by atoms with Crippen LogP contribution in [0.25, 0.3) is 0 Å². The van der Waals surface area contributed by atoms with Crippen molar-refractivity contribution in [3.63, 3.8) is 0 Å². The molecule has 1 atom stereocenters. The van der Waals surface area contributed by atoms with Gasteiger partial charge in [-0.15, -0.1) is 0 Å². The summed E-state index contributed by atoms with van der Waals surface area (Å²) in [6.07, 6.45) is 7.63. The molecule has 0 bridgehead atoms. The summed E-state index contributed by atoms with van der Waals surface area (Å²) in [5.41, 5.74) is 0. The second kappa shape index (κ2) is 12.1. The first-order chi connectivity index (χ1) is 12.7. The molecular formula is C19H36N4O3. The van der Waals surface area contributed by atoms with Crippen molar-refractivity contribution in [3.8, 4) is 0 Å². The van der Waals surface area contributed by atoms with Gasteiger partial charge >= 0.3 is 0 Å². The smallest absolute Gasteiger partial charge is 0.221 e. The number of nitrogens with one attached hydrogen (secondary N) is 2. The van der Waals surface area contributed by atoms with Crippen molar-refractivity contribution in [1.82, 2.24) is 15.5 Å². The molecule has 2 fully saturated rings. The Bertz CT molecular complexity index is 439. The highest BCUT2D eigenvalue weighted by Gasteiger charge is 2.25. The van der Waals surface area contributed by atoms with Crippen LogP contribution in [-0.2, 0) is 14.3 Å². The van der Waals surface area contributed by atoms with Crippen LogP contribution in [0.1, 0.15) is 44.9 Å². The number of rotatable bonds is 9. The van der Waals surface area contributed by atoms with Crippen molar-refractivity contribution in [3.05, 3.63) is 0 Å². The van der Waals surface area contributed by atoms with Gasteiger partial charge in [0.05, 0.1) is 19.8 Å². The van der Waals surface area contributed by atoms with Gasteiger partial charge in [-0.25, -0.2) is 0 Å². The Kier molecular flexibility index (Phi) is 9.77. The minimum absolute atomic E-state index is 0.144. The first-order valence-corrected chi connectivity index (χ1v) is 10.0. The predicted molar refractivity (Wildman–Crippen MR) is 103 cm³/mol. The fourth-order valence-electron chi connectivity index (χ4n) is 3.72. The Balaban J connectivity index is 1.60. The number of likely N-dealkylation sites (tertiary alicyclic amines) is 1. The van der Waals surface area contributed by atoms with Gasteiger partial charge in [0.15, 0.2) is 5.96 Å². The van der Waals surface area contributed by atoms with Crippen LogP contribution in [-0.4, -0.2) is 76.4 Å². The normalized spacial score (nSPS) is 21.8. The minimum Gasteiger partial charge on any atom is -0.382 e. The standard InChI is InChI=1S/C19H36N4O3/c1-20-19(23-11-9-16(14-23)15-26-13-12-25-2)21-10-8-18(24)22-17-6-4-3-5-7-17/h16-17H,3-15H2,1-2H3,(H,20,21)(H,22,24). The maximum Gasteiger partial charge on any atom is 0.221 e. The van der Waals surface area contributed by atoms with E-state index in [2.05, 4.69) is 20.5 Å². The molecule has 1 saturated carbocycles. The summed E-state index contributed by atoms with van der Waals surface area (Å²) in [5, 5.41) is 6.49. The van der Waals surface area contributed by atoms with E-state index in [1.165, 1.54) is 19.3 Å². The zero-order chi connectivity index (χ0) is 18.6. The highest BCUT2D eigenvalue weighted by Crippen LogP contribution is 2.18. The number of ether oxygens (including phenoxy) is 2. The fourth-order valence-corrected chi connectivity index (χ4v) is 3.72. The molecule has 0 aromatic rings. The van der Waals surface area contributed by atoms with E-state index in [1.54, 1.807) is 14.2 Å². The zero-order valence-corrected chi connectivity index (χ0v) is 16.5. The van der Waals surface area contributed by atoms with E-state index in [1.807, 2.05) is 0 Å². The third-order valence-corrected chi connectivity index (χ3v) is 5.19. The summed E-state index contributed by atoms with van der Waals surface area (Å²) in [6.45, 7) is 4.60. The van der Waals surface area contributed by atoms with Gasteiger partial charge in [0.1, 0.15) is 0 Å². The molecule has 2 rings (SSSR count).